The summed E-state index contributed by atoms with van der Waals surface area (Å²) in [6, 6.07) is 0. The van der Waals surface area contributed by atoms with E-state index in [4.69, 9.17) is 0 Å². The Balaban J connectivity index is 0.00000220. The first kappa shape index (κ1) is 20.6. The average molecular weight is 347 g/mol. The van der Waals surface area contributed by atoms with Gasteiger partial charge in [0.2, 0.25) is 11.9 Å². The highest BCUT2D eigenvalue weighted by atomic mass is 35.5. The predicted octanol–water partition coefficient (Wildman–Crippen LogP) is 4.79. The Morgan fingerprint density at radius 2 is 1.18 bits per heavy atom. The number of hydrogen-bond acceptors (Lipinski definition) is 4. The van der Waals surface area contributed by atoms with Crippen molar-refractivity contribution >= 4 is 36.7 Å². The molecule has 0 aromatic carbocycles. The van der Waals surface area contributed by atoms with Crippen molar-refractivity contribution in [1.82, 2.24) is 19.9 Å². The summed E-state index contributed by atoms with van der Waals surface area (Å²) in [5, 5.41) is 8.12. The molecule has 2 aromatic rings. The minimum atomic E-state index is 0. The van der Waals surface area contributed by atoms with Gasteiger partial charge in [-0.2, -0.15) is 0 Å². The van der Waals surface area contributed by atoms with E-state index in [0.29, 0.717) is 23.7 Å². The second-order valence-electron chi connectivity index (χ2n) is 5.83. The Labute approximate surface area is 143 Å². The molecule has 0 atom stereocenters. The number of nitrogens with zero attached hydrogens (tertiary/aromatic N) is 4. The molecular formula is C14H24Cl2N6. The lowest BCUT2D eigenvalue weighted by Crippen LogP contribution is -1.93. The maximum atomic E-state index is 4.36. The zero-order chi connectivity index (χ0) is 14.5. The summed E-state index contributed by atoms with van der Waals surface area (Å²) in [6.07, 6.45) is 5.62. The summed E-state index contributed by atoms with van der Waals surface area (Å²) < 4.78 is 0. The van der Waals surface area contributed by atoms with Crippen molar-refractivity contribution in [3.05, 3.63) is 23.8 Å². The van der Waals surface area contributed by atoms with Crippen LogP contribution in [0.5, 0.6) is 0 Å². The molecule has 0 aliphatic heterocycles. The summed E-state index contributed by atoms with van der Waals surface area (Å²) in [4.78, 5) is 14.7. The van der Waals surface area contributed by atoms with E-state index in [0.717, 1.165) is 24.2 Å². The molecule has 8 heteroatoms. The summed E-state index contributed by atoms with van der Waals surface area (Å²) in [5.74, 6) is 2.18. The highest BCUT2D eigenvalue weighted by molar-refractivity contribution is 5.85. The molecule has 2 N–H and O–H groups in total. The normalized spacial score (nSPS) is 11.0. The molecular weight excluding hydrogens is 323 g/mol. The first-order valence-corrected chi connectivity index (χ1v) is 7.03. The van der Waals surface area contributed by atoms with Crippen molar-refractivity contribution in [1.29, 1.82) is 0 Å². The van der Waals surface area contributed by atoms with Gasteiger partial charge in [-0.05, 0) is 24.7 Å². The van der Waals surface area contributed by atoms with Crippen LogP contribution in [-0.4, -0.2) is 19.9 Å². The van der Waals surface area contributed by atoms with Gasteiger partial charge in [-0.1, -0.05) is 27.7 Å². The van der Waals surface area contributed by atoms with Crippen molar-refractivity contribution in [2.75, 3.05) is 0 Å². The minimum Gasteiger partial charge on any atom is -0.328 e. The summed E-state index contributed by atoms with van der Waals surface area (Å²) in [7, 11) is 0. The topological polar surface area (TPSA) is 82.1 Å². The van der Waals surface area contributed by atoms with Gasteiger partial charge in [0.1, 0.15) is 0 Å². The van der Waals surface area contributed by atoms with Crippen LogP contribution in [-0.2, 0) is 12.8 Å². The number of H-pyrrole nitrogens is 2. The van der Waals surface area contributed by atoms with Gasteiger partial charge in [-0.25, -0.2) is 9.97 Å². The minimum absolute atomic E-state index is 0. The van der Waals surface area contributed by atoms with Crippen molar-refractivity contribution < 1.29 is 0 Å². The molecule has 0 saturated carbocycles. The van der Waals surface area contributed by atoms with Gasteiger partial charge < -0.3 is 9.97 Å². The van der Waals surface area contributed by atoms with E-state index in [-0.39, 0.29) is 24.8 Å². The highest BCUT2D eigenvalue weighted by Crippen LogP contribution is 2.15. The first-order valence-electron chi connectivity index (χ1n) is 7.03. The smallest absolute Gasteiger partial charge is 0.247 e. The Morgan fingerprint density at radius 1 is 0.818 bits per heavy atom. The van der Waals surface area contributed by atoms with Crippen LogP contribution in [0.1, 0.15) is 39.1 Å². The lowest BCUT2D eigenvalue weighted by atomic mass is 10.1. The van der Waals surface area contributed by atoms with Gasteiger partial charge in [0.05, 0.1) is 11.4 Å². The van der Waals surface area contributed by atoms with Crippen LogP contribution in [0.3, 0.4) is 0 Å². The second-order valence-corrected chi connectivity index (χ2v) is 5.83. The van der Waals surface area contributed by atoms with Gasteiger partial charge in [-0.15, -0.1) is 35.0 Å². The molecule has 22 heavy (non-hydrogen) atoms. The molecule has 2 aromatic heterocycles. The van der Waals surface area contributed by atoms with Crippen LogP contribution in [0.25, 0.3) is 0 Å². The van der Waals surface area contributed by atoms with Crippen molar-refractivity contribution in [3.8, 4) is 0 Å². The molecule has 0 aliphatic carbocycles. The molecule has 0 radical (unpaired) electrons. The number of nitrogens with one attached hydrogen (secondary N) is 2. The number of aromatic nitrogens is 4. The monoisotopic (exact) mass is 346 g/mol. The van der Waals surface area contributed by atoms with Crippen LogP contribution in [0.4, 0.5) is 11.9 Å². The van der Waals surface area contributed by atoms with Gasteiger partial charge >= 0.3 is 0 Å². The van der Waals surface area contributed by atoms with Crippen LogP contribution in [0.2, 0.25) is 0 Å². The Hall–Kier alpha value is -1.40. The van der Waals surface area contributed by atoms with Gasteiger partial charge in [0.25, 0.3) is 0 Å². The van der Waals surface area contributed by atoms with Crippen molar-refractivity contribution in [2.24, 2.45) is 22.1 Å². The van der Waals surface area contributed by atoms with E-state index in [9.17, 15) is 0 Å². The number of halogens is 2. The largest absolute Gasteiger partial charge is 0.328 e. The maximum Gasteiger partial charge on any atom is 0.247 e. The fraction of sp³-hybridized carbons (Fsp3) is 0.571. The molecule has 0 fully saturated rings. The quantitative estimate of drug-likeness (QED) is 0.737. The van der Waals surface area contributed by atoms with E-state index >= 15 is 0 Å². The predicted molar refractivity (Wildman–Crippen MR) is 92.9 cm³/mol. The van der Waals surface area contributed by atoms with Crippen LogP contribution in [0, 0.1) is 11.8 Å². The third-order valence-electron chi connectivity index (χ3n) is 2.71. The molecule has 0 saturated heterocycles. The molecule has 6 nitrogen and oxygen atoms in total. The van der Waals surface area contributed by atoms with Gasteiger partial charge in [0.15, 0.2) is 0 Å². The lowest BCUT2D eigenvalue weighted by Gasteiger charge is -1.98. The Morgan fingerprint density at radius 3 is 1.50 bits per heavy atom. The molecule has 0 spiro atoms. The van der Waals surface area contributed by atoms with Crippen molar-refractivity contribution in [3.63, 3.8) is 0 Å². The third-order valence-corrected chi connectivity index (χ3v) is 2.71. The fourth-order valence-electron chi connectivity index (χ4n) is 1.94. The SMILES string of the molecule is CC(C)Cc1c[nH]c(N=Nc2nc(CC(C)C)c[nH]2)n1.Cl.Cl. The second kappa shape index (κ2) is 9.58. The summed E-state index contributed by atoms with van der Waals surface area (Å²) in [5.41, 5.74) is 2.02. The third kappa shape index (κ3) is 6.58. The lowest BCUT2D eigenvalue weighted by molar-refractivity contribution is 0.637. The standard InChI is InChI=1S/C14H22N6.2ClH/c1-9(2)5-11-7-15-13(17-11)19-20-14-16-8-12(18-14)6-10(3)4;;/h7-10H,5-6H2,1-4H3,(H,15,17)(H,16,18);2*1H. The number of aromatic amines is 2. The molecule has 0 unspecified atom stereocenters. The van der Waals surface area contributed by atoms with E-state index < -0.39 is 0 Å². The Bertz CT molecular complexity index is 523. The van der Waals surface area contributed by atoms with E-state index in [2.05, 4.69) is 57.9 Å². The van der Waals surface area contributed by atoms with E-state index in [1.54, 1.807) is 0 Å². The zero-order valence-corrected chi connectivity index (χ0v) is 15.0. The Kier molecular flexibility index (Phi) is 8.97. The fourth-order valence-corrected chi connectivity index (χ4v) is 1.94. The molecule has 2 heterocycles. The van der Waals surface area contributed by atoms with Crippen LogP contribution >= 0.6 is 24.8 Å². The number of rotatable bonds is 6. The maximum absolute atomic E-state index is 4.36. The van der Waals surface area contributed by atoms with E-state index in [1.807, 2.05) is 12.4 Å². The number of hydrogen-bond donors (Lipinski definition) is 2. The summed E-state index contributed by atoms with van der Waals surface area (Å²) >= 11 is 0. The molecule has 124 valence electrons. The molecule has 0 amide bonds. The van der Waals surface area contributed by atoms with Crippen molar-refractivity contribution in [2.45, 2.75) is 40.5 Å². The van der Waals surface area contributed by atoms with E-state index in [1.165, 1.54) is 0 Å². The molecule has 2 rings (SSSR count). The van der Waals surface area contributed by atoms with Crippen LogP contribution in [0.15, 0.2) is 22.6 Å². The molecule has 0 aliphatic rings. The van der Waals surface area contributed by atoms with Gasteiger partial charge in [0, 0.05) is 12.4 Å². The zero-order valence-electron chi connectivity index (χ0n) is 13.3. The summed E-state index contributed by atoms with van der Waals surface area (Å²) in [6.45, 7) is 8.65. The average Bonchev–Trinajstić information content (AvgIpc) is 2.94. The highest BCUT2D eigenvalue weighted by Gasteiger charge is 2.04. The number of imidazole rings is 2. The van der Waals surface area contributed by atoms with Crippen LogP contribution < -0.4 is 0 Å². The number of azo groups is 1. The van der Waals surface area contributed by atoms with Gasteiger partial charge in [-0.3, -0.25) is 0 Å². The molecule has 0 bridgehead atoms. The first-order chi connectivity index (χ1) is 9.52.